The summed E-state index contributed by atoms with van der Waals surface area (Å²) in [5, 5.41) is 29.7. The van der Waals surface area contributed by atoms with Crippen molar-refractivity contribution >= 4 is 23.4 Å². The van der Waals surface area contributed by atoms with Crippen LogP contribution in [0.25, 0.3) is 11.1 Å². The van der Waals surface area contributed by atoms with E-state index in [0.717, 1.165) is 0 Å². The van der Waals surface area contributed by atoms with Crippen molar-refractivity contribution in [1.82, 2.24) is 4.98 Å². The number of nitro groups is 1. The van der Waals surface area contributed by atoms with Crippen molar-refractivity contribution in [1.29, 1.82) is 0 Å². The van der Waals surface area contributed by atoms with E-state index in [4.69, 9.17) is 10.5 Å². The van der Waals surface area contributed by atoms with Crippen LogP contribution in [0.2, 0.25) is 0 Å². The minimum Gasteiger partial charge on any atom is -0.478 e. The van der Waals surface area contributed by atoms with Crippen LogP contribution in [-0.2, 0) is 0 Å². The Balaban J connectivity index is 2.12. The molecule has 0 aliphatic rings. The summed E-state index contributed by atoms with van der Waals surface area (Å²) in [6.45, 7) is 0. The smallest absolute Gasteiger partial charge is 0.342 e. The maximum absolute atomic E-state index is 12.1. The van der Waals surface area contributed by atoms with E-state index in [1.54, 1.807) is 0 Å². The van der Waals surface area contributed by atoms with Gasteiger partial charge < -0.3 is 25.7 Å². The lowest BCUT2D eigenvalue weighted by atomic mass is 9.95. The first-order valence-corrected chi connectivity index (χ1v) is 8.24. The molecule has 0 aliphatic heterocycles. The lowest BCUT2D eigenvalue weighted by Gasteiger charge is -2.13. The third kappa shape index (κ3) is 3.80. The third-order valence-corrected chi connectivity index (χ3v) is 4.08. The molecule has 1 heterocycles. The highest BCUT2D eigenvalue weighted by molar-refractivity contribution is 6.07. The van der Waals surface area contributed by atoms with Crippen LogP contribution in [0.4, 0.5) is 11.5 Å². The number of pyridine rings is 1. The molecule has 5 N–H and O–H groups in total. The van der Waals surface area contributed by atoms with E-state index < -0.39 is 39.4 Å². The van der Waals surface area contributed by atoms with Gasteiger partial charge in [-0.25, -0.2) is 9.59 Å². The number of benzene rings is 2. The van der Waals surface area contributed by atoms with Crippen LogP contribution >= 0.6 is 0 Å². The summed E-state index contributed by atoms with van der Waals surface area (Å²) >= 11 is 0. The van der Waals surface area contributed by atoms with Gasteiger partial charge >= 0.3 is 11.9 Å². The molecule has 0 saturated carbocycles. The topological polar surface area (TPSA) is 186 Å². The first kappa shape index (κ1) is 20.1. The van der Waals surface area contributed by atoms with Crippen molar-refractivity contribution in [3.8, 4) is 22.6 Å². The van der Waals surface area contributed by atoms with Gasteiger partial charge in [0.25, 0.3) is 11.2 Å². The summed E-state index contributed by atoms with van der Waals surface area (Å²) in [6.07, 6.45) is 0. The van der Waals surface area contributed by atoms with Gasteiger partial charge in [-0.15, -0.1) is 0 Å². The fourth-order valence-electron chi connectivity index (χ4n) is 2.82. The molecule has 0 fully saturated rings. The molecule has 2 aromatic carbocycles. The Bertz CT molecular complexity index is 1230. The number of aromatic carboxylic acids is 2. The van der Waals surface area contributed by atoms with Gasteiger partial charge in [-0.05, 0) is 29.8 Å². The van der Waals surface area contributed by atoms with Gasteiger partial charge in [0.1, 0.15) is 28.4 Å². The zero-order valence-electron chi connectivity index (χ0n) is 15.0. The molecular weight excluding hydrogens is 398 g/mol. The van der Waals surface area contributed by atoms with Gasteiger partial charge in [-0.3, -0.25) is 14.9 Å². The SMILES string of the molecule is Nc1[nH]c(=O)c(C(=O)O)c(-c2cccc(Oc3ccc([N+](=O)[O-])cc3)c2)c1C(=O)O. The quantitative estimate of drug-likeness (QED) is 0.349. The fraction of sp³-hybridized carbons (Fsp3) is 0. The molecule has 0 bridgehead atoms. The number of nitrogens with two attached hydrogens (primary N) is 1. The number of aromatic amines is 1. The van der Waals surface area contributed by atoms with Crippen LogP contribution in [0.1, 0.15) is 20.7 Å². The number of ether oxygens (including phenoxy) is 1. The second-order valence-corrected chi connectivity index (χ2v) is 5.98. The molecule has 11 nitrogen and oxygen atoms in total. The molecule has 0 amide bonds. The number of H-pyrrole nitrogens is 1. The number of carbonyl (C=O) groups is 2. The maximum Gasteiger partial charge on any atom is 0.342 e. The van der Waals surface area contributed by atoms with Gasteiger partial charge in [0.05, 0.1) is 4.92 Å². The predicted octanol–water partition coefficient (Wildman–Crippen LogP) is 2.72. The molecule has 0 saturated heterocycles. The number of rotatable bonds is 6. The van der Waals surface area contributed by atoms with Crippen molar-refractivity contribution in [2.24, 2.45) is 0 Å². The van der Waals surface area contributed by atoms with Crippen LogP contribution in [-0.4, -0.2) is 32.1 Å². The average Bonchev–Trinajstić information content (AvgIpc) is 2.67. The molecule has 30 heavy (non-hydrogen) atoms. The number of carboxylic acids is 2. The second kappa shape index (κ2) is 7.75. The number of non-ortho nitro benzene ring substituents is 1. The number of nitro benzene ring substituents is 1. The van der Waals surface area contributed by atoms with E-state index in [1.165, 1.54) is 48.5 Å². The minimum absolute atomic E-state index is 0.0713. The molecule has 0 spiro atoms. The van der Waals surface area contributed by atoms with Crippen LogP contribution in [0, 0.1) is 10.1 Å². The standard InChI is InChI=1S/C19H13N3O8/c20-16-14(18(24)25)13(15(19(26)27)17(23)21-16)9-2-1-3-12(8-9)30-11-6-4-10(5-7-11)22(28)29/h1-8H,(H,24,25)(H,26,27)(H3,20,21,23). The number of hydrogen-bond donors (Lipinski definition) is 4. The number of hydrogen-bond acceptors (Lipinski definition) is 7. The Hall–Kier alpha value is -4.67. The van der Waals surface area contributed by atoms with Gasteiger partial charge in [-0.2, -0.15) is 0 Å². The van der Waals surface area contributed by atoms with Crippen molar-refractivity contribution in [2.75, 3.05) is 5.73 Å². The van der Waals surface area contributed by atoms with E-state index in [-0.39, 0.29) is 28.3 Å². The molecule has 0 unspecified atom stereocenters. The molecule has 0 aliphatic carbocycles. The highest BCUT2D eigenvalue weighted by Crippen LogP contribution is 2.33. The summed E-state index contributed by atoms with van der Waals surface area (Å²) in [5.41, 5.74) is 2.78. The summed E-state index contributed by atoms with van der Waals surface area (Å²) in [7, 11) is 0. The molecule has 0 radical (unpaired) electrons. The summed E-state index contributed by atoms with van der Waals surface area (Å²) in [6, 6.07) is 10.9. The van der Waals surface area contributed by atoms with Gasteiger partial charge in [0, 0.05) is 17.7 Å². The van der Waals surface area contributed by atoms with Crippen molar-refractivity contribution in [3.63, 3.8) is 0 Å². The maximum atomic E-state index is 12.1. The van der Waals surface area contributed by atoms with Crippen LogP contribution < -0.4 is 16.0 Å². The number of nitrogens with zero attached hydrogens (tertiary/aromatic N) is 1. The molecule has 0 atom stereocenters. The molecule has 1 aromatic heterocycles. The van der Waals surface area contributed by atoms with E-state index in [1.807, 2.05) is 4.98 Å². The monoisotopic (exact) mass is 411 g/mol. The number of carboxylic acid groups (broad SMARTS) is 2. The lowest BCUT2D eigenvalue weighted by Crippen LogP contribution is -2.24. The highest BCUT2D eigenvalue weighted by Gasteiger charge is 2.26. The number of nitrogen functional groups attached to an aromatic ring is 1. The van der Waals surface area contributed by atoms with Crippen LogP contribution in [0.5, 0.6) is 11.5 Å². The van der Waals surface area contributed by atoms with E-state index in [0.29, 0.717) is 0 Å². The summed E-state index contributed by atoms with van der Waals surface area (Å²) in [4.78, 5) is 47.6. The van der Waals surface area contributed by atoms with Gasteiger partial charge in [-0.1, -0.05) is 12.1 Å². The largest absolute Gasteiger partial charge is 0.478 e. The number of anilines is 1. The zero-order chi connectivity index (χ0) is 22.0. The molecular formula is C19H13N3O8. The normalized spacial score (nSPS) is 10.4. The summed E-state index contributed by atoms with van der Waals surface area (Å²) < 4.78 is 5.60. The first-order valence-electron chi connectivity index (χ1n) is 8.24. The first-order chi connectivity index (χ1) is 14.2. The van der Waals surface area contributed by atoms with Crippen molar-refractivity contribution in [2.45, 2.75) is 0 Å². The Morgan fingerprint density at radius 2 is 1.63 bits per heavy atom. The fourth-order valence-corrected chi connectivity index (χ4v) is 2.82. The number of nitrogens with one attached hydrogen (secondary N) is 1. The molecule has 3 rings (SSSR count). The van der Waals surface area contributed by atoms with Gasteiger partial charge in [0.2, 0.25) is 0 Å². The lowest BCUT2D eigenvalue weighted by molar-refractivity contribution is -0.384. The molecule has 152 valence electrons. The van der Waals surface area contributed by atoms with Crippen LogP contribution in [0.15, 0.2) is 53.3 Å². The second-order valence-electron chi connectivity index (χ2n) is 5.98. The van der Waals surface area contributed by atoms with Crippen molar-refractivity contribution < 1.29 is 29.5 Å². The highest BCUT2D eigenvalue weighted by atomic mass is 16.6. The zero-order valence-corrected chi connectivity index (χ0v) is 15.0. The predicted molar refractivity (Wildman–Crippen MR) is 104 cm³/mol. The Morgan fingerprint density at radius 1 is 1.00 bits per heavy atom. The van der Waals surface area contributed by atoms with Gasteiger partial charge in [0.15, 0.2) is 0 Å². The minimum atomic E-state index is -1.63. The molecule has 3 aromatic rings. The van der Waals surface area contributed by atoms with E-state index >= 15 is 0 Å². The van der Waals surface area contributed by atoms with E-state index in [2.05, 4.69) is 0 Å². The summed E-state index contributed by atoms with van der Waals surface area (Å²) in [5.74, 6) is -3.22. The Morgan fingerprint density at radius 3 is 2.20 bits per heavy atom. The Labute approximate surface area is 167 Å². The van der Waals surface area contributed by atoms with Crippen LogP contribution in [0.3, 0.4) is 0 Å². The average molecular weight is 411 g/mol. The third-order valence-electron chi connectivity index (χ3n) is 4.08. The van der Waals surface area contributed by atoms with Crippen molar-refractivity contribution in [3.05, 3.63) is 80.1 Å². The molecule has 11 heteroatoms. The Kier molecular flexibility index (Phi) is 5.19. The number of aromatic nitrogens is 1. The van der Waals surface area contributed by atoms with E-state index in [9.17, 15) is 34.7 Å².